The van der Waals surface area contributed by atoms with Crippen LogP contribution in [-0.2, 0) is 6.42 Å². The molecule has 0 unspecified atom stereocenters. The Morgan fingerprint density at radius 1 is 1.38 bits per heavy atom. The number of allylic oxidation sites excluding steroid dienone is 4. The molecule has 2 aromatic rings. The van der Waals surface area contributed by atoms with Crippen LogP contribution in [0.3, 0.4) is 0 Å². The number of hydrogen-bond donors (Lipinski definition) is 2. The van der Waals surface area contributed by atoms with Gasteiger partial charge in [-0.05, 0) is 24.3 Å². The van der Waals surface area contributed by atoms with E-state index in [9.17, 15) is 4.79 Å². The van der Waals surface area contributed by atoms with Gasteiger partial charge in [-0.15, -0.1) is 0 Å². The van der Waals surface area contributed by atoms with Crippen LogP contribution >= 0.6 is 0 Å². The summed E-state index contributed by atoms with van der Waals surface area (Å²) in [7, 11) is 0. The number of nitrogen functional groups attached to an aromatic ring is 1. The largest absolute Gasteiger partial charge is 0.368 e. The van der Waals surface area contributed by atoms with E-state index in [1.165, 1.54) is 0 Å². The van der Waals surface area contributed by atoms with Gasteiger partial charge in [-0.2, -0.15) is 0 Å². The van der Waals surface area contributed by atoms with Crippen molar-refractivity contribution >= 4 is 17.6 Å². The van der Waals surface area contributed by atoms with Crippen molar-refractivity contribution in [2.75, 3.05) is 12.3 Å². The first kappa shape index (κ1) is 11.9. The maximum atomic E-state index is 12.1. The highest BCUT2D eigenvalue weighted by Crippen LogP contribution is 2.32. The van der Waals surface area contributed by atoms with E-state index in [0.717, 1.165) is 23.5 Å². The fourth-order valence-electron chi connectivity index (χ4n) is 2.71. The van der Waals surface area contributed by atoms with Gasteiger partial charge in [0.05, 0.1) is 17.0 Å². The molecular weight excluding hydrogens is 266 g/mol. The summed E-state index contributed by atoms with van der Waals surface area (Å²) in [5.41, 5.74) is 10.0. The average Bonchev–Trinajstić information content (AvgIpc) is 2.78. The minimum absolute atomic E-state index is 0.0396. The minimum atomic E-state index is -0.0396. The summed E-state index contributed by atoms with van der Waals surface area (Å²) in [5.74, 6) is 0.183. The number of amides is 1. The average molecular weight is 279 g/mol. The molecule has 2 aromatic heterocycles. The summed E-state index contributed by atoms with van der Waals surface area (Å²) in [6, 6.07) is 3.67. The second kappa shape index (κ2) is 4.31. The smallest absolute Gasteiger partial charge is 0.253 e. The first-order valence-corrected chi connectivity index (χ1v) is 6.74. The number of anilines is 1. The normalized spacial score (nSPS) is 16.0. The molecule has 0 bridgehead atoms. The van der Waals surface area contributed by atoms with E-state index in [1.807, 2.05) is 24.3 Å². The van der Waals surface area contributed by atoms with Crippen molar-refractivity contribution in [2.24, 2.45) is 0 Å². The van der Waals surface area contributed by atoms with Crippen LogP contribution in [0, 0.1) is 0 Å². The maximum absolute atomic E-state index is 12.1. The van der Waals surface area contributed by atoms with E-state index < -0.39 is 0 Å². The molecule has 0 spiro atoms. The first-order valence-electron chi connectivity index (χ1n) is 6.74. The molecule has 0 radical (unpaired) electrons. The number of rotatable bonds is 2. The number of aromatic nitrogens is 3. The molecule has 0 aromatic carbocycles. The number of carbonyl (C=O) groups excluding carboxylic acids is 1. The lowest BCUT2D eigenvalue weighted by Crippen LogP contribution is -2.32. The first-order chi connectivity index (χ1) is 10.2. The number of nitrogens with two attached hydrogens (primary N) is 1. The maximum Gasteiger partial charge on any atom is 0.253 e. The number of carbonyl (C=O) groups is 1. The third-order valence-electron chi connectivity index (χ3n) is 3.72. The predicted molar refractivity (Wildman–Crippen MR) is 79.3 cm³/mol. The topological polar surface area (TPSA) is 85.8 Å². The number of fused-ring (bicyclic) bond motifs is 1. The SMILES string of the molecule is Nc1nccc(-c2cc3c(n2C2=CC=C2)CCNC3=O)n1. The summed E-state index contributed by atoms with van der Waals surface area (Å²) >= 11 is 0. The van der Waals surface area contributed by atoms with Crippen LogP contribution in [-0.4, -0.2) is 27.0 Å². The van der Waals surface area contributed by atoms with E-state index in [-0.39, 0.29) is 11.9 Å². The van der Waals surface area contributed by atoms with E-state index in [4.69, 9.17) is 5.73 Å². The zero-order valence-electron chi connectivity index (χ0n) is 11.2. The highest BCUT2D eigenvalue weighted by Gasteiger charge is 2.26. The lowest BCUT2D eigenvalue weighted by atomic mass is 10.1. The van der Waals surface area contributed by atoms with Crippen LogP contribution in [0.2, 0.25) is 0 Å². The number of hydrogen-bond acceptors (Lipinski definition) is 4. The lowest BCUT2D eigenvalue weighted by molar-refractivity contribution is 0.0945. The van der Waals surface area contributed by atoms with Gasteiger partial charge in [0, 0.05) is 30.6 Å². The van der Waals surface area contributed by atoms with E-state index in [1.54, 1.807) is 12.3 Å². The Morgan fingerprint density at radius 2 is 2.24 bits per heavy atom. The molecule has 1 aliphatic carbocycles. The molecule has 104 valence electrons. The van der Waals surface area contributed by atoms with Crippen LogP contribution in [0.5, 0.6) is 0 Å². The van der Waals surface area contributed by atoms with Crippen molar-refractivity contribution in [1.82, 2.24) is 19.9 Å². The fourth-order valence-corrected chi connectivity index (χ4v) is 2.71. The molecule has 6 heteroatoms. The van der Waals surface area contributed by atoms with Gasteiger partial charge in [0.25, 0.3) is 5.91 Å². The summed E-state index contributed by atoms with van der Waals surface area (Å²) < 4.78 is 2.08. The van der Waals surface area contributed by atoms with Crippen molar-refractivity contribution in [2.45, 2.75) is 6.42 Å². The Kier molecular flexibility index (Phi) is 2.44. The summed E-state index contributed by atoms with van der Waals surface area (Å²) in [5, 5.41) is 2.87. The summed E-state index contributed by atoms with van der Waals surface area (Å²) in [4.78, 5) is 20.3. The van der Waals surface area contributed by atoms with Crippen molar-refractivity contribution in [3.8, 4) is 11.4 Å². The third kappa shape index (κ3) is 1.76. The number of nitrogens with zero attached hydrogens (tertiary/aromatic N) is 3. The van der Waals surface area contributed by atoms with Crippen molar-refractivity contribution in [3.63, 3.8) is 0 Å². The highest BCUT2D eigenvalue weighted by atomic mass is 16.1. The zero-order chi connectivity index (χ0) is 14.4. The third-order valence-corrected chi connectivity index (χ3v) is 3.72. The van der Waals surface area contributed by atoms with Gasteiger partial charge in [0.1, 0.15) is 0 Å². The standard InChI is InChI=1S/C15H13N5O/c16-15-18-6-4-11(19-15)13-8-10-12(5-7-17-14(10)21)20(13)9-2-1-3-9/h1-4,6,8H,5,7H2,(H,17,21)(H2,16,18,19). The Labute approximate surface area is 121 Å². The predicted octanol–water partition coefficient (Wildman–Crippen LogP) is 1.22. The van der Waals surface area contributed by atoms with Gasteiger partial charge >= 0.3 is 0 Å². The second-order valence-electron chi connectivity index (χ2n) is 4.98. The highest BCUT2D eigenvalue weighted by molar-refractivity contribution is 5.99. The van der Waals surface area contributed by atoms with Crippen LogP contribution < -0.4 is 11.1 Å². The van der Waals surface area contributed by atoms with Gasteiger partial charge in [-0.3, -0.25) is 4.79 Å². The molecule has 1 aliphatic heterocycles. The van der Waals surface area contributed by atoms with Crippen molar-refractivity contribution in [3.05, 3.63) is 47.8 Å². The molecule has 3 N–H and O–H groups in total. The summed E-state index contributed by atoms with van der Waals surface area (Å²) in [6.45, 7) is 0.651. The van der Waals surface area contributed by atoms with Gasteiger partial charge in [0.2, 0.25) is 5.95 Å². The van der Waals surface area contributed by atoms with E-state index in [2.05, 4.69) is 19.9 Å². The molecular formula is C15H13N5O. The second-order valence-corrected chi connectivity index (χ2v) is 4.98. The summed E-state index contributed by atoms with van der Waals surface area (Å²) in [6.07, 6.45) is 8.43. The quantitative estimate of drug-likeness (QED) is 0.865. The van der Waals surface area contributed by atoms with Gasteiger partial charge in [-0.1, -0.05) is 6.08 Å². The zero-order valence-corrected chi connectivity index (χ0v) is 11.2. The monoisotopic (exact) mass is 279 g/mol. The van der Waals surface area contributed by atoms with Crippen LogP contribution in [0.15, 0.2) is 36.6 Å². The molecule has 4 rings (SSSR count). The molecule has 0 fully saturated rings. The molecule has 0 saturated heterocycles. The van der Waals surface area contributed by atoms with E-state index >= 15 is 0 Å². The molecule has 0 atom stereocenters. The Bertz CT molecular complexity index is 815. The van der Waals surface area contributed by atoms with Crippen LogP contribution in [0.1, 0.15) is 16.1 Å². The lowest BCUT2D eigenvalue weighted by Gasteiger charge is -2.20. The van der Waals surface area contributed by atoms with Crippen LogP contribution in [0.25, 0.3) is 17.1 Å². The number of nitrogens with one attached hydrogen (secondary N) is 1. The molecule has 1 amide bonds. The van der Waals surface area contributed by atoms with E-state index in [0.29, 0.717) is 17.8 Å². The molecule has 21 heavy (non-hydrogen) atoms. The van der Waals surface area contributed by atoms with Crippen molar-refractivity contribution < 1.29 is 4.79 Å². The molecule has 0 saturated carbocycles. The van der Waals surface area contributed by atoms with Gasteiger partial charge in [0.15, 0.2) is 0 Å². The minimum Gasteiger partial charge on any atom is -0.368 e. The molecule has 3 heterocycles. The van der Waals surface area contributed by atoms with Crippen molar-refractivity contribution in [1.29, 1.82) is 0 Å². The van der Waals surface area contributed by atoms with Gasteiger partial charge in [-0.25, -0.2) is 9.97 Å². The molecule has 2 aliphatic rings. The Balaban J connectivity index is 1.96. The Morgan fingerprint density at radius 3 is 2.95 bits per heavy atom. The van der Waals surface area contributed by atoms with Crippen LogP contribution in [0.4, 0.5) is 5.95 Å². The Hall–Kier alpha value is -2.89. The van der Waals surface area contributed by atoms with Gasteiger partial charge < -0.3 is 15.6 Å². The fraction of sp³-hybridized carbons (Fsp3) is 0.133. The molecule has 6 nitrogen and oxygen atoms in total.